The minimum absolute atomic E-state index is 0.266. The molecule has 1 aromatic rings. The van der Waals surface area contributed by atoms with Crippen molar-refractivity contribution in [3.8, 4) is 0 Å². The summed E-state index contributed by atoms with van der Waals surface area (Å²) >= 11 is 0. The van der Waals surface area contributed by atoms with Crippen LogP contribution in [0.25, 0.3) is 0 Å². The quantitative estimate of drug-likeness (QED) is 0.777. The monoisotopic (exact) mass is 199 g/mol. The molecule has 1 rings (SSSR count). The van der Waals surface area contributed by atoms with Gasteiger partial charge in [-0.25, -0.2) is 8.42 Å². The molecule has 0 amide bonds. The molecule has 0 saturated carbocycles. The summed E-state index contributed by atoms with van der Waals surface area (Å²) in [5.41, 5.74) is 5.56. The highest BCUT2D eigenvalue weighted by Gasteiger charge is 2.30. The molecule has 0 aliphatic heterocycles. The molecule has 0 fully saturated rings. The van der Waals surface area contributed by atoms with Gasteiger partial charge in [-0.1, -0.05) is 18.2 Å². The van der Waals surface area contributed by atoms with Crippen LogP contribution in [0.2, 0.25) is 0 Å². The van der Waals surface area contributed by atoms with Crippen LogP contribution in [0.1, 0.15) is 13.8 Å². The Morgan fingerprint density at radius 3 is 2.00 bits per heavy atom. The van der Waals surface area contributed by atoms with Crippen LogP contribution in [0.4, 0.5) is 0 Å². The summed E-state index contributed by atoms with van der Waals surface area (Å²) in [6.45, 7) is 2.96. The molecule has 0 aliphatic rings. The van der Waals surface area contributed by atoms with Crippen molar-refractivity contribution in [1.82, 2.24) is 0 Å². The van der Waals surface area contributed by atoms with Gasteiger partial charge in [0.05, 0.1) is 4.90 Å². The average Bonchev–Trinajstić information content (AvgIpc) is 2.04. The van der Waals surface area contributed by atoms with Crippen molar-refractivity contribution in [3.63, 3.8) is 0 Å². The number of hydrogen-bond acceptors (Lipinski definition) is 3. The summed E-state index contributed by atoms with van der Waals surface area (Å²) in [6, 6.07) is 8.22. The lowest BCUT2D eigenvalue weighted by molar-refractivity contribution is 0.552. The minimum atomic E-state index is -3.40. The van der Waals surface area contributed by atoms with Crippen LogP contribution < -0.4 is 5.73 Å². The van der Waals surface area contributed by atoms with Crippen LogP contribution in [-0.2, 0) is 9.84 Å². The predicted octanol–water partition coefficient (Wildman–Crippen LogP) is 1.16. The Balaban J connectivity index is 3.26. The maximum Gasteiger partial charge on any atom is 0.196 e. The number of nitrogens with two attached hydrogens (primary N) is 1. The van der Waals surface area contributed by atoms with Gasteiger partial charge in [-0.15, -0.1) is 0 Å². The minimum Gasteiger partial charge on any atom is -0.313 e. The summed E-state index contributed by atoms with van der Waals surface area (Å²) in [4.78, 5) is -0.962. The van der Waals surface area contributed by atoms with Crippen molar-refractivity contribution in [1.29, 1.82) is 0 Å². The summed E-state index contributed by atoms with van der Waals surface area (Å²) in [7, 11) is -3.40. The predicted molar refractivity (Wildman–Crippen MR) is 51.9 cm³/mol. The van der Waals surface area contributed by atoms with E-state index in [1.54, 1.807) is 30.3 Å². The normalized spacial score (nSPS) is 12.8. The van der Waals surface area contributed by atoms with Crippen molar-refractivity contribution < 1.29 is 8.42 Å². The Hall–Kier alpha value is -0.870. The molecule has 0 atom stereocenters. The smallest absolute Gasteiger partial charge is 0.196 e. The fourth-order valence-electron chi connectivity index (χ4n) is 0.903. The molecule has 0 heterocycles. The topological polar surface area (TPSA) is 60.2 Å². The molecule has 4 heteroatoms. The second-order valence-electron chi connectivity index (χ2n) is 3.42. The number of sulfone groups is 1. The second kappa shape index (κ2) is 3.12. The molecule has 0 unspecified atom stereocenters. The molecule has 2 N–H and O–H groups in total. The lowest BCUT2D eigenvalue weighted by Gasteiger charge is -2.18. The third kappa shape index (κ3) is 1.89. The fourth-order valence-corrected chi connectivity index (χ4v) is 2.03. The third-order valence-electron chi connectivity index (χ3n) is 1.75. The Bertz CT molecular complexity index is 376. The van der Waals surface area contributed by atoms with Crippen molar-refractivity contribution in [2.75, 3.05) is 0 Å². The Labute approximate surface area is 78.5 Å². The van der Waals surface area contributed by atoms with Crippen LogP contribution in [0.3, 0.4) is 0 Å². The molecule has 0 aromatic heterocycles. The lowest BCUT2D eigenvalue weighted by Crippen LogP contribution is -2.41. The molecule has 0 aliphatic carbocycles. The van der Waals surface area contributed by atoms with Crippen LogP contribution in [-0.4, -0.2) is 13.3 Å². The summed E-state index contributed by atoms with van der Waals surface area (Å²) in [5.74, 6) is 0. The van der Waals surface area contributed by atoms with E-state index in [0.29, 0.717) is 0 Å². The SMILES string of the molecule is CC(C)(N)S(=O)(=O)c1ccccc1. The number of benzene rings is 1. The molecule has 72 valence electrons. The van der Waals surface area contributed by atoms with Gasteiger partial charge in [0.25, 0.3) is 0 Å². The zero-order valence-corrected chi connectivity index (χ0v) is 8.51. The van der Waals surface area contributed by atoms with E-state index in [1.165, 1.54) is 13.8 Å². The summed E-state index contributed by atoms with van der Waals surface area (Å²) < 4.78 is 23.5. The first kappa shape index (κ1) is 10.2. The Kier molecular flexibility index (Phi) is 2.45. The van der Waals surface area contributed by atoms with Crippen molar-refractivity contribution >= 4 is 9.84 Å². The average molecular weight is 199 g/mol. The van der Waals surface area contributed by atoms with E-state index in [4.69, 9.17) is 5.73 Å². The largest absolute Gasteiger partial charge is 0.313 e. The van der Waals surface area contributed by atoms with Crippen LogP contribution in [0.5, 0.6) is 0 Å². The van der Waals surface area contributed by atoms with Gasteiger partial charge in [-0.05, 0) is 26.0 Å². The van der Waals surface area contributed by atoms with Gasteiger partial charge in [0.15, 0.2) is 9.84 Å². The number of rotatable bonds is 2. The van der Waals surface area contributed by atoms with Crippen LogP contribution in [0, 0.1) is 0 Å². The first-order valence-corrected chi connectivity index (χ1v) is 5.42. The maximum atomic E-state index is 11.7. The second-order valence-corrected chi connectivity index (χ2v) is 5.95. The van der Waals surface area contributed by atoms with E-state index in [2.05, 4.69) is 0 Å². The van der Waals surface area contributed by atoms with E-state index >= 15 is 0 Å². The van der Waals surface area contributed by atoms with Crippen LogP contribution in [0.15, 0.2) is 35.2 Å². The van der Waals surface area contributed by atoms with Gasteiger partial charge >= 0.3 is 0 Å². The van der Waals surface area contributed by atoms with Gasteiger partial charge in [-0.2, -0.15) is 0 Å². The van der Waals surface area contributed by atoms with E-state index in [9.17, 15) is 8.42 Å². The van der Waals surface area contributed by atoms with Gasteiger partial charge in [-0.3, -0.25) is 0 Å². The highest BCUT2D eigenvalue weighted by Crippen LogP contribution is 2.19. The van der Waals surface area contributed by atoms with Crippen molar-refractivity contribution in [2.45, 2.75) is 23.6 Å². The van der Waals surface area contributed by atoms with Gasteiger partial charge in [0, 0.05) is 0 Å². The molecular weight excluding hydrogens is 186 g/mol. The lowest BCUT2D eigenvalue weighted by atomic mass is 10.4. The molecular formula is C9H13NO2S. The van der Waals surface area contributed by atoms with Gasteiger partial charge in [0.2, 0.25) is 0 Å². The molecule has 13 heavy (non-hydrogen) atoms. The van der Waals surface area contributed by atoms with Crippen molar-refractivity contribution in [2.24, 2.45) is 5.73 Å². The van der Waals surface area contributed by atoms with E-state index in [1.807, 2.05) is 0 Å². The zero-order valence-electron chi connectivity index (χ0n) is 7.69. The molecule has 0 radical (unpaired) electrons. The van der Waals surface area contributed by atoms with E-state index in [-0.39, 0.29) is 4.90 Å². The number of hydrogen-bond donors (Lipinski definition) is 1. The summed E-state index contributed by atoms with van der Waals surface area (Å²) in [5, 5.41) is 0. The maximum absolute atomic E-state index is 11.7. The fraction of sp³-hybridized carbons (Fsp3) is 0.333. The van der Waals surface area contributed by atoms with Gasteiger partial charge < -0.3 is 5.73 Å². The highest BCUT2D eigenvalue weighted by molar-refractivity contribution is 7.92. The Morgan fingerprint density at radius 2 is 1.62 bits per heavy atom. The zero-order chi connectivity index (χ0) is 10.1. The standard InChI is InChI=1S/C9H13NO2S/c1-9(2,10)13(11,12)8-6-4-3-5-7-8/h3-7H,10H2,1-2H3. The molecule has 1 aromatic carbocycles. The van der Waals surface area contributed by atoms with Gasteiger partial charge in [0.1, 0.15) is 4.87 Å². The summed E-state index contributed by atoms with van der Waals surface area (Å²) in [6.07, 6.45) is 0. The molecule has 0 bridgehead atoms. The molecule has 0 saturated heterocycles. The first-order chi connectivity index (χ1) is 5.86. The third-order valence-corrected chi connectivity index (χ3v) is 4.02. The van der Waals surface area contributed by atoms with E-state index < -0.39 is 14.7 Å². The van der Waals surface area contributed by atoms with E-state index in [0.717, 1.165) is 0 Å². The van der Waals surface area contributed by atoms with Crippen LogP contribution >= 0.6 is 0 Å². The van der Waals surface area contributed by atoms with Crippen molar-refractivity contribution in [3.05, 3.63) is 30.3 Å². The highest BCUT2D eigenvalue weighted by atomic mass is 32.2. The Morgan fingerprint density at radius 1 is 1.15 bits per heavy atom. The molecule has 0 spiro atoms. The molecule has 3 nitrogen and oxygen atoms in total. The first-order valence-electron chi connectivity index (χ1n) is 3.94.